The monoisotopic (exact) mass is 402 g/mol. The lowest BCUT2D eigenvalue weighted by Crippen LogP contribution is -2.36. The molecule has 0 saturated carbocycles. The Kier molecular flexibility index (Phi) is 5.79. The summed E-state index contributed by atoms with van der Waals surface area (Å²) in [6, 6.07) is 13.9. The number of nitrogens with one attached hydrogen (secondary N) is 1. The van der Waals surface area contributed by atoms with E-state index in [9.17, 15) is 9.59 Å². The highest BCUT2D eigenvalue weighted by Gasteiger charge is 2.41. The molecule has 0 spiro atoms. The van der Waals surface area contributed by atoms with Crippen LogP contribution in [0.1, 0.15) is 56.1 Å². The first-order valence-electron chi connectivity index (χ1n) is 10.5. The van der Waals surface area contributed by atoms with Crippen molar-refractivity contribution < 1.29 is 14.3 Å². The predicted molar refractivity (Wildman–Crippen MR) is 115 cm³/mol. The Labute approximate surface area is 176 Å². The maximum atomic E-state index is 13.4. The van der Waals surface area contributed by atoms with Gasteiger partial charge >= 0.3 is 5.97 Å². The fourth-order valence-corrected chi connectivity index (χ4v) is 4.42. The van der Waals surface area contributed by atoms with Gasteiger partial charge in [0.05, 0.1) is 12.2 Å². The summed E-state index contributed by atoms with van der Waals surface area (Å²) in [6.07, 6.45) is 5.33. The second kappa shape index (κ2) is 8.66. The van der Waals surface area contributed by atoms with Crippen LogP contribution >= 0.6 is 0 Å². The van der Waals surface area contributed by atoms with Crippen LogP contribution in [0.25, 0.3) is 0 Å². The van der Waals surface area contributed by atoms with Gasteiger partial charge in [-0.25, -0.2) is 4.79 Å². The second-order valence-electron chi connectivity index (χ2n) is 7.85. The van der Waals surface area contributed by atoms with Gasteiger partial charge in [-0.3, -0.25) is 9.78 Å². The van der Waals surface area contributed by atoms with E-state index in [4.69, 9.17) is 4.74 Å². The van der Waals surface area contributed by atoms with Crippen LogP contribution in [-0.2, 0) is 14.3 Å². The number of allylic oxidation sites excluding steroid dienone is 3. The van der Waals surface area contributed by atoms with Crippen molar-refractivity contribution in [3.63, 3.8) is 0 Å². The molecule has 154 valence electrons. The van der Waals surface area contributed by atoms with Crippen molar-refractivity contribution in [2.24, 2.45) is 0 Å². The number of aromatic nitrogens is 1. The Morgan fingerprint density at radius 2 is 1.90 bits per heavy atom. The largest absolute Gasteiger partial charge is 0.462 e. The lowest BCUT2D eigenvalue weighted by Gasteiger charge is -2.36. The number of Topliss-reactive ketones (excluding diaryl/α,β-unsaturated/α-hetero) is 1. The Balaban J connectivity index is 1.76. The Morgan fingerprint density at radius 3 is 2.60 bits per heavy atom. The van der Waals surface area contributed by atoms with Crippen LogP contribution in [-0.4, -0.2) is 23.3 Å². The average Bonchev–Trinajstić information content (AvgIpc) is 2.77. The lowest BCUT2D eigenvalue weighted by atomic mass is 9.72. The molecule has 5 heteroatoms. The summed E-state index contributed by atoms with van der Waals surface area (Å²) in [6.45, 7) is 4.19. The van der Waals surface area contributed by atoms with Crippen LogP contribution in [0, 0.1) is 0 Å². The molecule has 0 radical (unpaired) electrons. The van der Waals surface area contributed by atoms with Crippen molar-refractivity contribution in [3.8, 4) is 0 Å². The first-order valence-corrected chi connectivity index (χ1v) is 10.5. The van der Waals surface area contributed by atoms with Crippen molar-refractivity contribution in [2.45, 2.75) is 44.9 Å². The number of dihydropyridines is 1. The van der Waals surface area contributed by atoms with Crippen LogP contribution in [0.3, 0.4) is 0 Å². The molecule has 0 amide bonds. The standard InChI is InChI=1S/C25H26N2O3/c1-3-12-30-25(29)22-16(2)27-20-13-19(17-8-5-4-6-9-17)14-21(28)24(20)23(22)18-10-7-11-26-15-18/h4-11,15,19,23,27H,3,12-14H2,1-2H3/t19-,23+/m1/s1. The zero-order chi connectivity index (χ0) is 21.1. The summed E-state index contributed by atoms with van der Waals surface area (Å²) < 4.78 is 5.47. The third kappa shape index (κ3) is 3.80. The van der Waals surface area contributed by atoms with Crippen LogP contribution in [0.4, 0.5) is 0 Å². The van der Waals surface area contributed by atoms with Crippen LogP contribution < -0.4 is 5.32 Å². The minimum absolute atomic E-state index is 0.0692. The van der Waals surface area contributed by atoms with E-state index in [0.717, 1.165) is 35.4 Å². The molecule has 1 aromatic heterocycles. The molecule has 1 N–H and O–H groups in total. The molecule has 0 bridgehead atoms. The molecule has 2 aromatic rings. The smallest absolute Gasteiger partial charge is 0.336 e. The first kappa shape index (κ1) is 20.1. The lowest BCUT2D eigenvalue weighted by molar-refractivity contribution is -0.139. The van der Waals surface area contributed by atoms with E-state index < -0.39 is 5.92 Å². The van der Waals surface area contributed by atoms with Gasteiger partial charge < -0.3 is 10.1 Å². The number of hydrogen-bond acceptors (Lipinski definition) is 5. The summed E-state index contributed by atoms with van der Waals surface area (Å²) in [4.78, 5) is 30.6. The van der Waals surface area contributed by atoms with Gasteiger partial charge in [0.15, 0.2) is 5.78 Å². The van der Waals surface area contributed by atoms with Gasteiger partial charge in [0, 0.05) is 41.7 Å². The number of rotatable bonds is 5. The minimum Gasteiger partial charge on any atom is -0.462 e. The average molecular weight is 402 g/mol. The second-order valence-corrected chi connectivity index (χ2v) is 7.85. The number of nitrogens with zero attached hydrogens (tertiary/aromatic N) is 1. The molecular formula is C25H26N2O3. The summed E-state index contributed by atoms with van der Waals surface area (Å²) in [5, 5.41) is 3.37. The maximum Gasteiger partial charge on any atom is 0.336 e. The van der Waals surface area contributed by atoms with E-state index in [2.05, 4.69) is 22.4 Å². The number of esters is 1. The number of ether oxygens (including phenoxy) is 1. The maximum absolute atomic E-state index is 13.4. The van der Waals surface area contributed by atoms with E-state index >= 15 is 0 Å². The highest BCUT2D eigenvalue weighted by Crippen LogP contribution is 2.45. The molecule has 1 aliphatic carbocycles. The fraction of sp³-hybridized carbons (Fsp3) is 0.320. The van der Waals surface area contributed by atoms with Gasteiger partial charge in [-0.2, -0.15) is 0 Å². The molecule has 1 aromatic carbocycles. The van der Waals surface area contributed by atoms with Crippen molar-refractivity contribution in [2.75, 3.05) is 6.61 Å². The van der Waals surface area contributed by atoms with E-state index in [0.29, 0.717) is 24.2 Å². The summed E-state index contributed by atoms with van der Waals surface area (Å²) >= 11 is 0. The molecule has 2 atom stereocenters. The first-order chi connectivity index (χ1) is 14.6. The zero-order valence-corrected chi connectivity index (χ0v) is 17.4. The van der Waals surface area contributed by atoms with E-state index in [1.807, 2.05) is 44.2 Å². The molecule has 0 fully saturated rings. The van der Waals surface area contributed by atoms with Crippen LogP contribution in [0.2, 0.25) is 0 Å². The quantitative estimate of drug-likeness (QED) is 0.751. The molecule has 4 rings (SSSR count). The zero-order valence-electron chi connectivity index (χ0n) is 17.4. The number of carbonyl (C=O) groups excluding carboxylic acids is 2. The Bertz CT molecular complexity index is 1010. The van der Waals surface area contributed by atoms with Gasteiger partial charge in [-0.15, -0.1) is 0 Å². The van der Waals surface area contributed by atoms with E-state index in [1.54, 1.807) is 12.4 Å². The number of benzene rings is 1. The van der Waals surface area contributed by atoms with Gasteiger partial charge in [0.25, 0.3) is 0 Å². The topological polar surface area (TPSA) is 68.3 Å². The van der Waals surface area contributed by atoms with Crippen LogP contribution in [0.5, 0.6) is 0 Å². The Morgan fingerprint density at radius 1 is 1.13 bits per heavy atom. The van der Waals surface area contributed by atoms with Crippen molar-refractivity contribution in [1.82, 2.24) is 10.3 Å². The molecule has 0 unspecified atom stereocenters. The molecule has 2 aliphatic rings. The molecule has 30 heavy (non-hydrogen) atoms. The number of ketones is 1. The third-order valence-electron chi connectivity index (χ3n) is 5.77. The van der Waals surface area contributed by atoms with E-state index in [1.165, 1.54) is 0 Å². The molecule has 1 aliphatic heterocycles. The summed E-state index contributed by atoms with van der Waals surface area (Å²) in [5.41, 5.74) is 4.81. The van der Waals surface area contributed by atoms with Crippen molar-refractivity contribution in [3.05, 3.63) is 88.5 Å². The SMILES string of the molecule is CCCOC(=O)C1=C(C)NC2=C(C(=O)C[C@H](c3ccccc3)C2)[C@H]1c1cccnc1. The van der Waals surface area contributed by atoms with Crippen LogP contribution in [0.15, 0.2) is 77.4 Å². The molecular weight excluding hydrogens is 376 g/mol. The Hall–Kier alpha value is -3.21. The number of pyridine rings is 1. The number of carbonyl (C=O) groups is 2. The van der Waals surface area contributed by atoms with E-state index in [-0.39, 0.29) is 17.7 Å². The third-order valence-corrected chi connectivity index (χ3v) is 5.77. The minimum atomic E-state index is -0.455. The van der Waals surface area contributed by atoms with Gasteiger partial charge in [-0.1, -0.05) is 43.3 Å². The highest BCUT2D eigenvalue weighted by molar-refractivity contribution is 6.04. The predicted octanol–water partition coefficient (Wildman–Crippen LogP) is 4.40. The summed E-state index contributed by atoms with van der Waals surface area (Å²) in [5.74, 6) is -0.635. The summed E-state index contributed by atoms with van der Waals surface area (Å²) in [7, 11) is 0. The normalized spacial score (nSPS) is 21.2. The molecule has 0 saturated heterocycles. The van der Waals surface area contributed by atoms with Gasteiger partial charge in [0.1, 0.15) is 0 Å². The molecule has 2 heterocycles. The van der Waals surface area contributed by atoms with Crippen molar-refractivity contribution >= 4 is 11.8 Å². The van der Waals surface area contributed by atoms with Gasteiger partial charge in [-0.05, 0) is 42.9 Å². The number of hydrogen-bond donors (Lipinski definition) is 1. The van der Waals surface area contributed by atoms with Gasteiger partial charge in [0.2, 0.25) is 0 Å². The fourth-order valence-electron chi connectivity index (χ4n) is 4.42. The highest BCUT2D eigenvalue weighted by atomic mass is 16.5. The van der Waals surface area contributed by atoms with Crippen molar-refractivity contribution in [1.29, 1.82) is 0 Å². The molecule has 5 nitrogen and oxygen atoms in total.